The lowest BCUT2D eigenvalue weighted by Crippen LogP contribution is -2.37. The molecule has 2 aromatic rings. The second-order valence-electron chi connectivity index (χ2n) is 7.12. The summed E-state index contributed by atoms with van der Waals surface area (Å²) in [6.45, 7) is 5.50. The minimum absolute atomic E-state index is 0.0476. The Morgan fingerprint density at radius 2 is 2.00 bits per heavy atom. The summed E-state index contributed by atoms with van der Waals surface area (Å²) in [5.41, 5.74) is 0.161. The van der Waals surface area contributed by atoms with Gasteiger partial charge in [-0.1, -0.05) is 6.92 Å². The maximum Gasteiger partial charge on any atom is 0.332 e. The second kappa shape index (κ2) is 7.13. The molecule has 8 nitrogen and oxygen atoms in total. The summed E-state index contributed by atoms with van der Waals surface area (Å²) in [5, 5.41) is 9.22. The first kappa shape index (κ1) is 17.9. The summed E-state index contributed by atoms with van der Waals surface area (Å²) in [5.74, 6) is 1.44. The lowest BCUT2D eigenvalue weighted by molar-refractivity contribution is 0.170. The molecule has 2 aromatic heterocycles. The maximum absolute atomic E-state index is 12.7. The number of piperidine rings is 1. The van der Waals surface area contributed by atoms with Crippen molar-refractivity contribution in [2.45, 2.75) is 39.3 Å². The van der Waals surface area contributed by atoms with Gasteiger partial charge in [-0.05, 0) is 31.7 Å². The number of aliphatic hydroxyl groups is 1. The van der Waals surface area contributed by atoms with Crippen LogP contribution in [0.1, 0.15) is 32.0 Å². The molecular weight excluding hydrogens is 322 g/mol. The van der Waals surface area contributed by atoms with Gasteiger partial charge in [-0.2, -0.15) is 0 Å². The fourth-order valence-electron chi connectivity index (χ4n) is 3.71. The van der Waals surface area contributed by atoms with E-state index < -0.39 is 0 Å². The largest absolute Gasteiger partial charge is 0.396 e. The van der Waals surface area contributed by atoms with Gasteiger partial charge < -0.3 is 9.67 Å². The van der Waals surface area contributed by atoms with Crippen molar-refractivity contribution in [2.24, 2.45) is 20.0 Å². The van der Waals surface area contributed by atoms with Crippen molar-refractivity contribution in [3.8, 4) is 0 Å². The molecule has 3 rings (SSSR count). The van der Waals surface area contributed by atoms with Gasteiger partial charge in [0.25, 0.3) is 5.56 Å². The van der Waals surface area contributed by atoms with Gasteiger partial charge in [0.1, 0.15) is 5.82 Å². The van der Waals surface area contributed by atoms with E-state index in [2.05, 4.69) is 16.8 Å². The van der Waals surface area contributed by atoms with Gasteiger partial charge in [0, 0.05) is 33.8 Å². The highest BCUT2D eigenvalue weighted by molar-refractivity contribution is 5.71. The van der Waals surface area contributed by atoms with Crippen LogP contribution in [0.5, 0.6) is 0 Å². The average molecular weight is 349 g/mol. The maximum atomic E-state index is 12.7. The molecule has 0 aromatic carbocycles. The summed E-state index contributed by atoms with van der Waals surface area (Å²) in [7, 11) is 3.12. The van der Waals surface area contributed by atoms with Gasteiger partial charge >= 0.3 is 5.69 Å². The Morgan fingerprint density at radius 1 is 1.24 bits per heavy atom. The zero-order chi connectivity index (χ0) is 18.1. The van der Waals surface area contributed by atoms with Crippen molar-refractivity contribution in [2.75, 3.05) is 19.7 Å². The van der Waals surface area contributed by atoms with Crippen molar-refractivity contribution in [1.82, 2.24) is 23.6 Å². The molecule has 1 aliphatic heterocycles. The van der Waals surface area contributed by atoms with Crippen LogP contribution in [0.4, 0.5) is 0 Å². The van der Waals surface area contributed by atoms with Crippen LogP contribution in [-0.4, -0.2) is 48.4 Å². The first-order valence-corrected chi connectivity index (χ1v) is 8.92. The van der Waals surface area contributed by atoms with Gasteiger partial charge in [-0.25, -0.2) is 9.78 Å². The highest BCUT2D eigenvalue weighted by Crippen LogP contribution is 2.19. The zero-order valence-electron chi connectivity index (χ0n) is 15.2. The number of fused-ring (bicyclic) bond motifs is 1. The van der Waals surface area contributed by atoms with E-state index in [9.17, 15) is 14.7 Å². The van der Waals surface area contributed by atoms with E-state index in [1.54, 1.807) is 7.05 Å². The predicted molar refractivity (Wildman–Crippen MR) is 95.6 cm³/mol. The smallest absolute Gasteiger partial charge is 0.332 e. The molecule has 0 amide bonds. The normalized spacial score (nSPS) is 19.0. The minimum atomic E-state index is -0.373. The van der Waals surface area contributed by atoms with Crippen molar-refractivity contribution in [3.63, 3.8) is 0 Å². The van der Waals surface area contributed by atoms with E-state index in [-0.39, 0.29) is 17.9 Å². The van der Waals surface area contributed by atoms with Gasteiger partial charge in [-0.3, -0.25) is 18.8 Å². The van der Waals surface area contributed by atoms with Crippen LogP contribution in [0.3, 0.4) is 0 Å². The van der Waals surface area contributed by atoms with Crippen molar-refractivity contribution in [3.05, 3.63) is 26.7 Å². The second-order valence-corrected chi connectivity index (χ2v) is 7.12. The number of nitrogens with zero attached hydrogens (tertiary/aromatic N) is 5. The van der Waals surface area contributed by atoms with Crippen molar-refractivity contribution >= 4 is 11.2 Å². The molecule has 0 radical (unpaired) electrons. The van der Waals surface area contributed by atoms with Gasteiger partial charge in [-0.15, -0.1) is 0 Å². The molecule has 0 saturated carbocycles. The molecule has 1 aliphatic rings. The van der Waals surface area contributed by atoms with E-state index in [0.29, 0.717) is 36.6 Å². The van der Waals surface area contributed by atoms with E-state index in [1.807, 2.05) is 4.57 Å². The van der Waals surface area contributed by atoms with Crippen LogP contribution >= 0.6 is 0 Å². The van der Waals surface area contributed by atoms with E-state index in [4.69, 9.17) is 0 Å². The Labute approximate surface area is 146 Å². The lowest BCUT2D eigenvalue weighted by Gasteiger charge is -2.30. The minimum Gasteiger partial charge on any atom is -0.396 e. The number of aliphatic hydroxyl groups excluding tert-OH is 1. The average Bonchev–Trinajstić information content (AvgIpc) is 2.94. The number of likely N-dealkylation sites (tertiary alicyclic amines) is 1. The summed E-state index contributed by atoms with van der Waals surface area (Å²) < 4.78 is 4.42. The Balaban J connectivity index is 2.10. The number of imidazole rings is 1. The standard InChI is InChI=1S/C17H27N5O3/c1-12-6-4-7-21(10-12)11-13-18-15-14(22(13)8-5-9-23)16(24)20(3)17(25)19(15)2/h12,23H,4-11H2,1-3H3/t12-/m1/s1. The Bertz CT molecular complexity index is 879. The molecule has 1 atom stereocenters. The monoisotopic (exact) mass is 349 g/mol. The van der Waals surface area contributed by atoms with Crippen LogP contribution in [0.2, 0.25) is 0 Å². The molecule has 25 heavy (non-hydrogen) atoms. The Kier molecular flexibility index (Phi) is 5.10. The van der Waals surface area contributed by atoms with E-state index in [1.165, 1.54) is 18.0 Å². The molecule has 3 heterocycles. The topological polar surface area (TPSA) is 85.3 Å². The Hall–Kier alpha value is -1.93. The van der Waals surface area contributed by atoms with Crippen LogP contribution in [0.25, 0.3) is 11.2 Å². The summed E-state index contributed by atoms with van der Waals surface area (Å²) in [6.07, 6.45) is 2.95. The van der Waals surface area contributed by atoms with Crippen LogP contribution in [-0.2, 0) is 27.2 Å². The molecule has 8 heteroatoms. The lowest BCUT2D eigenvalue weighted by atomic mass is 10.0. The highest BCUT2D eigenvalue weighted by atomic mass is 16.3. The van der Waals surface area contributed by atoms with Crippen molar-refractivity contribution in [1.29, 1.82) is 0 Å². The first-order chi connectivity index (χ1) is 11.9. The molecule has 0 spiro atoms. The molecule has 1 N–H and O–H groups in total. The molecule has 0 unspecified atom stereocenters. The fraction of sp³-hybridized carbons (Fsp3) is 0.706. The third-order valence-electron chi connectivity index (χ3n) is 5.07. The fourth-order valence-corrected chi connectivity index (χ4v) is 3.71. The third kappa shape index (κ3) is 3.28. The zero-order valence-corrected chi connectivity index (χ0v) is 15.2. The third-order valence-corrected chi connectivity index (χ3v) is 5.07. The van der Waals surface area contributed by atoms with Gasteiger partial charge in [0.2, 0.25) is 0 Å². The molecule has 138 valence electrons. The van der Waals surface area contributed by atoms with E-state index in [0.717, 1.165) is 29.9 Å². The first-order valence-electron chi connectivity index (χ1n) is 8.92. The molecule has 1 saturated heterocycles. The predicted octanol–water partition coefficient (Wildman–Crippen LogP) is 0.0480. The summed E-state index contributed by atoms with van der Waals surface area (Å²) >= 11 is 0. The van der Waals surface area contributed by atoms with Gasteiger partial charge in [0.15, 0.2) is 11.2 Å². The Morgan fingerprint density at radius 3 is 2.68 bits per heavy atom. The number of aromatic nitrogens is 4. The van der Waals surface area contributed by atoms with Crippen LogP contribution in [0, 0.1) is 5.92 Å². The van der Waals surface area contributed by atoms with Crippen LogP contribution < -0.4 is 11.2 Å². The molecule has 0 bridgehead atoms. The SMILES string of the molecule is C[C@@H]1CCCN(Cc2nc3c(c(=O)n(C)c(=O)n3C)n2CCCO)C1. The number of rotatable bonds is 5. The highest BCUT2D eigenvalue weighted by Gasteiger charge is 2.22. The summed E-state index contributed by atoms with van der Waals surface area (Å²) in [4.78, 5) is 31.8. The molecule has 1 fully saturated rings. The number of hydrogen-bond acceptors (Lipinski definition) is 5. The number of aryl methyl sites for hydroxylation is 2. The quantitative estimate of drug-likeness (QED) is 0.824. The van der Waals surface area contributed by atoms with Crippen molar-refractivity contribution < 1.29 is 5.11 Å². The van der Waals surface area contributed by atoms with Crippen LogP contribution in [0.15, 0.2) is 9.59 Å². The molecule has 0 aliphatic carbocycles. The van der Waals surface area contributed by atoms with Gasteiger partial charge in [0.05, 0.1) is 6.54 Å². The molecular formula is C17H27N5O3. The summed E-state index contributed by atoms with van der Waals surface area (Å²) in [6, 6.07) is 0. The van der Waals surface area contributed by atoms with E-state index >= 15 is 0 Å². The number of hydrogen-bond donors (Lipinski definition) is 1.